The summed E-state index contributed by atoms with van der Waals surface area (Å²) >= 11 is 0. The van der Waals surface area contributed by atoms with Crippen molar-refractivity contribution in [1.82, 2.24) is 10.2 Å². The van der Waals surface area contributed by atoms with Crippen molar-refractivity contribution in [2.75, 3.05) is 28.3 Å². The van der Waals surface area contributed by atoms with E-state index in [0.29, 0.717) is 41.5 Å². The zero-order valence-corrected chi connectivity index (χ0v) is 19.3. The highest BCUT2D eigenvalue weighted by molar-refractivity contribution is 5.95. The zero-order chi connectivity index (χ0) is 23.8. The molecule has 2 amide bonds. The molecule has 3 rings (SSSR count). The van der Waals surface area contributed by atoms with Gasteiger partial charge in [-0.25, -0.2) is 0 Å². The van der Waals surface area contributed by atoms with Gasteiger partial charge in [0.05, 0.1) is 14.2 Å². The van der Waals surface area contributed by atoms with Crippen LogP contribution >= 0.6 is 0 Å². The molecule has 0 aliphatic carbocycles. The van der Waals surface area contributed by atoms with Gasteiger partial charge in [-0.3, -0.25) is 9.59 Å². The van der Waals surface area contributed by atoms with Crippen LogP contribution in [0.2, 0.25) is 0 Å². The van der Waals surface area contributed by atoms with E-state index in [1.807, 2.05) is 42.5 Å². The van der Waals surface area contributed by atoms with Crippen LogP contribution in [0.25, 0.3) is 0 Å². The maximum Gasteiger partial charge on any atom is 0.254 e. The Bertz CT molecular complexity index is 1070. The first kappa shape index (κ1) is 23.7. The smallest absolute Gasteiger partial charge is 0.254 e. The molecule has 0 saturated heterocycles. The lowest BCUT2D eigenvalue weighted by atomic mass is 10.1. The summed E-state index contributed by atoms with van der Waals surface area (Å²) in [6.45, 7) is 0.719. The van der Waals surface area contributed by atoms with Gasteiger partial charge >= 0.3 is 0 Å². The number of ether oxygens (including phenoxy) is 3. The van der Waals surface area contributed by atoms with Crippen LogP contribution in [0.3, 0.4) is 0 Å². The molecule has 172 valence electrons. The summed E-state index contributed by atoms with van der Waals surface area (Å²) in [5, 5.41) is 2.59. The molecule has 7 heteroatoms. The fraction of sp³-hybridized carbons (Fsp3) is 0.231. The highest BCUT2D eigenvalue weighted by atomic mass is 16.5. The van der Waals surface area contributed by atoms with E-state index in [1.54, 1.807) is 43.3 Å². The van der Waals surface area contributed by atoms with Gasteiger partial charge in [0.25, 0.3) is 11.8 Å². The summed E-state index contributed by atoms with van der Waals surface area (Å²) in [7, 11) is 6.35. The van der Waals surface area contributed by atoms with E-state index < -0.39 is 0 Å². The van der Waals surface area contributed by atoms with Gasteiger partial charge in [-0.1, -0.05) is 42.5 Å². The topological polar surface area (TPSA) is 77.1 Å². The molecule has 0 bridgehead atoms. The van der Waals surface area contributed by atoms with E-state index >= 15 is 0 Å². The minimum Gasteiger partial charge on any atom is -0.493 e. The number of carbonyl (C=O) groups excluding carboxylic acids is 2. The molecule has 0 unspecified atom stereocenters. The molecule has 1 N–H and O–H groups in total. The molecule has 3 aromatic rings. The molecular weight excluding hydrogens is 420 g/mol. The van der Waals surface area contributed by atoms with E-state index in [4.69, 9.17) is 14.2 Å². The van der Waals surface area contributed by atoms with Crippen molar-refractivity contribution in [3.8, 4) is 17.2 Å². The van der Waals surface area contributed by atoms with Gasteiger partial charge in [0.1, 0.15) is 6.61 Å². The van der Waals surface area contributed by atoms with Gasteiger partial charge in [0.15, 0.2) is 11.5 Å². The van der Waals surface area contributed by atoms with Gasteiger partial charge in [0, 0.05) is 31.8 Å². The predicted octanol–water partition coefficient (Wildman–Crippen LogP) is 3.91. The lowest BCUT2D eigenvalue weighted by Gasteiger charge is -2.20. The molecule has 0 aliphatic rings. The molecule has 0 spiro atoms. The first-order valence-corrected chi connectivity index (χ1v) is 10.5. The van der Waals surface area contributed by atoms with Gasteiger partial charge in [-0.05, 0) is 35.4 Å². The van der Waals surface area contributed by atoms with Crippen molar-refractivity contribution in [2.24, 2.45) is 0 Å². The van der Waals surface area contributed by atoms with Gasteiger partial charge < -0.3 is 24.4 Å². The van der Waals surface area contributed by atoms with Crippen molar-refractivity contribution in [3.05, 3.63) is 89.0 Å². The largest absolute Gasteiger partial charge is 0.493 e. The van der Waals surface area contributed by atoms with E-state index in [-0.39, 0.29) is 11.8 Å². The van der Waals surface area contributed by atoms with Crippen LogP contribution in [0.4, 0.5) is 0 Å². The number of carbonyl (C=O) groups is 2. The zero-order valence-electron chi connectivity index (χ0n) is 19.3. The van der Waals surface area contributed by atoms with Crippen LogP contribution in [-0.2, 0) is 13.2 Å². The minimum absolute atomic E-state index is 0.153. The molecular formula is C26H28N2O5. The molecule has 0 saturated carbocycles. The van der Waals surface area contributed by atoms with Crippen molar-refractivity contribution in [2.45, 2.75) is 13.2 Å². The SMILES string of the molecule is CNC(=O)c1ccc(CN(C)C(=O)c2cc(OC)c(OCc3ccccc3)c(OC)c2)cc1. The van der Waals surface area contributed by atoms with Crippen molar-refractivity contribution >= 4 is 11.8 Å². The minimum atomic E-state index is -0.198. The van der Waals surface area contributed by atoms with Crippen LogP contribution < -0.4 is 19.5 Å². The quantitative estimate of drug-likeness (QED) is 0.537. The lowest BCUT2D eigenvalue weighted by Crippen LogP contribution is -2.26. The Labute approximate surface area is 193 Å². The lowest BCUT2D eigenvalue weighted by molar-refractivity contribution is 0.0783. The summed E-state index contributed by atoms with van der Waals surface area (Å²) in [6, 6.07) is 20.2. The number of hydrogen-bond acceptors (Lipinski definition) is 5. The molecule has 33 heavy (non-hydrogen) atoms. The Morgan fingerprint density at radius 3 is 2.00 bits per heavy atom. The number of rotatable bonds is 9. The molecule has 0 radical (unpaired) electrons. The third-order valence-corrected chi connectivity index (χ3v) is 5.14. The predicted molar refractivity (Wildman–Crippen MR) is 126 cm³/mol. The van der Waals surface area contributed by atoms with Crippen LogP contribution in [0, 0.1) is 0 Å². The second-order valence-corrected chi connectivity index (χ2v) is 7.42. The summed E-state index contributed by atoms with van der Waals surface area (Å²) in [5.41, 5.74) is 2.89. The van der Waals surface area contributed by atoms with E-state index in [2.05, 4.69) is 5.32 Å². The van der Waals surface area contributed by atoms with Gasteiger partial charge in [-0.15, -0.1) is 0 Å². The van der Waals surface area contributed by atoms with Crippen LogP contribution in [0.5, 0.6) is 17.2 Å². The van der Waals surface area contributed by atoms with Gasteiger partial charge in [0.2, 0.25) is 5.75 Å². The maximum atomic E-state index is 13.1. The van der Waals surface area contributed by atoms with E-state index in [0.717, 1.165) is 11.1 Å². The third-order valence-electron chi connectivity index (χ3n) is 5.14. The third kappa shape index (κ3) is 5.83. The fourth-order valence-corrected chi connectivity index (χ4v) is 3.35. The molecule has 0 heterocycles. The van der Waals surface area contributed by atoms with Crippen molar-refractivity contribution < 1.29 is 23.8 Å². The molecule has 0 aliphatic heterocycles. The second-order valence-electron chi connectivity index (χ2n) is 7.42. The number of hydrogen-bond donors (Lipinski definition) is 1. The Morgan fingerprint density at radius 2 is 1.45 bits per heavy atom. The number of methoxy groups -OCH3 is 2. The van der Waals surface area contributed by atoms with Crippen molar-refractivity contribution in [3.63, 3.8) is 0 Å². The molecule has 0 aromatic heterocycles. The highest BCUT2D eigenvalue weighted by Gasteiger charge is 2.20. The molecule has 0 fully saturated rings. The number of amides is 2. The van der Waals surface area contributed by atoms with E-state index in [9.17, 15) is 9.59 Å². The van der Waals surface area contributed by atoms with Crippen LogP contribution in [0.15, 0.2) is 66.7 Å². The van der Waals surface area contributed by atoms with Crippen molar-refractivity contribution in [1.29, 1.82) is 0 Å². The van der Waals surface area contributed by atoms with Gasteiger partial charge in [-0.2, -0.15) is 0 Å². The Balaban J connectivity index is 1.77. The number of nitrogens with one attached hydrogen (secondary N) is 1. The number of nitrogens with zero attached hydrogens (tertiary/aromatic N) is 1. The first-order chi connectivity index (χ1) is 16.0. The first-order valence-electron chi connectivity index (χ1n) is 10.5. The average molecular weight is 449 g/mol. The average Bonchev–Trinajstić information content (AvgIpc) is 2.86. The molecule has 3 aromatic carbocycles. The van der Waals surface area contributed by atoms with Crippen LogP contribution in [0.1, 0.15) is 31.8 Å². The van der Waals surface area contributed by atoms with Crippen LogP contribution in [-0.4, -0.2) is 45.0 Å². The Morgan fingerprint density at radius 1 is 0.848 bits per heavy atom. The normalized spacial score (nSPS) is 10.3. The number of benzene rings is 3. The summed E-state index contributed by atoms with van der Waals surface area (Å²) in [4.78, 5) is 26.4. The van der Waals surface area contributed by atoms with E-state index in [1.165, 1.54) is 14.2 Å². The maximum absolute atomic E-state index is 13.1. The molecule has 7 nitrogen and oxygen atoms in total. The summed E-state index contributed by atoms with van der Waals surface area (Å²) < 4.78 is 17.0. The Hall–Kier alpha value is -4.00. The molecule has 0 atom stereocenters. The fourth-order valence-electron chi connectivity index (χ4n) is 3.35. The standard InChI is InChI=1S/C26H28N2O5/c1-27-25(29)20-12-10-18(11-13-20)16-28(2)26(30)21-14-22(31-3)24(23(15-21)32-4)33-17-19-8-6-5-7-9-19/h5-15H,16-17H2,1-4H3,(H,27,29). The monoisotopic (exact) mass is 448 g/mol. The highest BCUT2D eigenvalue weighted by Crippen LogP contribution is 2.39. The summed E-state index contributed by atoms with van der Waals surface area (Å²) in [5.74, 6) is 0.915. The summed E-state index contributed by atoms with van der Waals surface area (Å²) in [6.07, 6.45) is 0. The second kappa shape index (κ2) is 11.0. The Kier molecular flexibility index (Phi) is 7.91.